The molecule has 0 saturated heterocycles. The van der Waals surface area contributed by atoms with E-state index in [2.05, 4.69) is 15.9 Å². The summed E-state index contributed by atoms with van der Waals surface area (Å²) in [6.45, 7) is 1.80. The van der Waals surface area contributed by atoms with Crippen molar-refractivity contribution in [2.75, 3.05) is 11.9 Å². The van der Waals surface area contributed by atoms with E-state index >= 15 is 0 Å². The predicted molar refractivity (Wildman–Crippen MR) is 55.7 cm³/mol. The van der Waals surface area contributed by atoms with E-state index in [1.54, 1.807) is 6.07 Å². The third-order valence-electron chi connectivity index (χ3n) is 1.67. The van der Waals surface area contributed by atoms with Gasteiger partial charge >= 0.3 is 0 Å². The van der Waals surface area contributed by atoms with Crippen molar-refractivity contribution >= 4 is 21.7 Å². The number of benzene rings is 1. The van der Waals surface area contributed by atoms with Gasteiger partial charge in [0.2, 0.25) is 0 Å². The highest BCUT2D eigenvalue weighted by molar-refractivity contribution is 9.09. The standard InChI is InChI=1S/C10H10BrFO2/c1-7(13)9-3-2-8(6-10(9)12)14-5-4-11/h2-3,6H,4-5H2,1H3. The number of ether oxygens (including phenoxy) is 1. The second kappa shape index (κ2) is 5.10. The third kappa shape index (κ3) is 2.80. The summed E-state index contributed by atoms with van der Waals surface area (Å²) in [5.74, 6) is -0.383. The van der Waals surface area contributed by atoms with Crippen LogP contribution in [0.4, 0.5) is 4.39 Å². The Morgan fingerprint density at radius 3 is 2.79 bits per heavy atom. The minimum atomic E-state index is -0.537. The zero-order chi connectivity index (χ0) is 10.6. The first kappa shape index (κ1) is 11.2. The van der Waals surface area contributed by atoms with E-state index < -0.39 is 5.82 Å². The zero-order valence-corrected chi connectivity index (χ0v) is 9.30. The Hall–Kier alpha value is -0.900. The lowest BCUT2D eigenvalue weighted by Crippen LogP contribution is -2.01. The van der Waals surface area contributed by atoms with Crippen molar-refractivity contribution in [2.45, 2.75) is 6.92 Å². The van der Waals surface area contributed by atoms with Crippen LogP contribution in [0.15, 0.2) is 18.2 Å². The van der Waals surface area contributed by atoms with E-state index in [0.717, 1.165) is 0 Å². The highest BCUT2D eigenvalue weighted by Gasteiger charge is 2.07. The molecular formula is C10H10BrFO2. The summed E-state index contributed by atoms with van der Waals surface area (Å²) in [6, 6.07) is 4.24. The highest BCUT2D eigenvalue weighted by atomic mass is 79.9. The topological polar surface area (TPSA) is 26.3 Å². The Morgan fingerprint density at radius 1 is 1.57 bits per heavy atom. The number of carbonyl (C=O) groups excluding carboxylic acids is 1. The van der Waals surface area contributed by atoms with Crippen molar-refractivity contribution in [3.63, 3.8) is 0 Å². The van der Waals surface area contributed by atoms with Crippen molar-refractivity contribution in [3.8, 4) is 5.75 Å². The molecule has 1 rings (SSSR count). The molecule has 0 unspecified atom stereocenters. The average Bonchev–Trinajstić information content (AvgIpc) is 2.14. The van der Waals surface area contributed by atoms with Gasteiger partial charge < -0.3 is 4.74 Å². The molecule has 76 valence electrons. The molecule has 0 aliphatic carbocycles. The van der Waals surface area contributed by atoms with Crippen molar-refractivity contribution in [1.29, 1.82) is 0 Å². The van der Waals surface area contributed by atoms with Crippen LogP contribution in [0, 0.1) is 5.82 Å². The molecule has 0 amide bonds. The summed E-state index contributed by atoms with van der Waals surface area (Å²) >= 11 is 3.19. The summed E-state index contributed by atoms with van der Waals surface area (Å²) in [7, 11) is 0. The summed E-state index contributed by atoms with van der Waals surface area (Å²) in [5.41, 5.74) is 0.0937. The maximum Gasteiger partial charge on any atom is 0.162 e. The van der Waals surface area contributed by atoms with E-state index in [1.807, 2.05) is 0 Å². The number of alkyl halides is 1. The lowest BCUT2D eigenvalue weighted by Gasteiger charge is -2.05. The molecule has 0 bridgehead atoms. The lowest BCUT2D eigenvalue weighted by atomic mass is 10.1. The zero-order valence-electron chi connectivity index (χ0n) is 7.72. The molecule has 0 aliphatic rings. The Balaban J connectivity index is 2.83. The second-order valence-corrected chi connectivity index (χ2v) is 3.53. The molecule has 0 N–H and O–H groups in total. The molecule has 0 fully saturated rings. The summed E-state index contributed by atoms with van der Waals surface area (Å²) in [5, 5.41) is 0.684. The van der Waals surface area contributed by atoms with Gasteiger partial charge in [0.25, 0.3) is 0 Å². The fraction of sp³-hybridized carbons (Fsp3) is 0.300. The monoisotopic (exact) mass is 260 g/mol. The van der Waals surface area contributed by atoms with Crippen LogP contribution in [-0.2, 0) is 0 Å². The molecule has 0 saturated carbocycles. The van der Waals surface area contributed by atoms with Crippen molar-refractivity contribution in [2.24, 2.45) is 0 Å². The number of ketones is 1. The van der Waals surface area contributed by atoms with Crippen molar-refractivity contribution in [3.05, 3.63) is 29.6 Å². The Morgan fingerprint density at radius 2 is 2.29 bits per heavy atom. The van der Waals surface area contributed by atoms with Gasteiger partial charge in [0.1, 0.15) is 11.6 Å². The molecule has 0 aromatic heterocycles. The van der Waals surface area contributed by atoms with Gasteiger partial charge in [-0.3, -0.25) is 4.79 Å². The quantitative estimate of drug-likeness (QED) is 0.615. The van der Waals surface area contributed by atoms with Gasteiger partial charge in [-0.2, -0.15) is 0 Å². The molecule has 2 nitrogen and oxygen atoms in total. The van der Waals surface area contributed by atoms with Crippen LogP contribution < -0.4 is 4.74 Å². The van der Waals surface area contributed by atoms with Gasteiger partial charge in [0.15, 0.2) is 5.78 Å². The molecule has 0 spiro atoms. The summed E-state index contributed by atoms with van der Waals surface area (Å²) in [4.78, 5) is 10.9. The largest absolute Gasteiger partial charge is 0.493 e. The van der Waals surface area contributed by atoms with E-state index in [0.29, 0.717) is 17.7 Å². The normalized spacial score (nSPS) is 9.93. The molecule has 0 atom stereocenters. The molecule has 0 radical (unpaired) electrons. The molecular weight excluding hydrogens is 251 g/mol. The Labute approximate surface area is 90.2 Å². The van der Waals surface area contributed by atoms with Crippen LogP contribution in [0.2, 0.25) is 0 Å². The van der Waals surface area contributed by atoms with Crippen molar-refractivity contribution < 1.29 is 13.9 Å². The summed E-state index contributed by atoms with van der Waals surface area (Å²) < 4.78 is 18.4. The fourth-order valence-corrected chi connectivity index (χ4v) is 1.19. The number of carbonyl (C=O) groups is 1. The number of rotatable bonds is 4. The number of hydrogen-bond donors (Lipinski definition) is 0. The number of hydrogen-bond acceptors (Lipinski definition) is 2. The van der Waals surface area contributed by atoms with E-state index in [4.69, 9.17) is 4.74 Å². The van der Waals surface area contributed by atoms with Crippen LogP contribution in [0.3, 0.4) is 0 Å². The van der Waals surface area contributed by atoms with Crippen LogP contribution >= 0.6 is 15.9 Å². The minimum Gasteiger partial charge on any atom is -0.493 e. The van der Waals surface area contributed by atoms with Crippen LogP contribution in [0.25, 0.3) is 0 Å². The molecule has 0 aliphatic heterocycles. The average molecular weight is 261 g/mol. The third-order valence-corrected chi connectivity index (χ3v) is 1.99. The first-order valence-electron chi connectivity index (χ1n) is 4.14. The smallest absolute Gasteiger partial charge is 0.162 e. The highest BCUT2D eigenvalue weighted by Crippen LogP contribution is 2.17. The Kier molecular flexibility index (Phi) is 4.07. The van der Waals surface area contributed by atoms with E-state index in [-0.39, 0.29) is 11.3 Å². The Bertz CT molecular complexity index is 339. The van der Waals surface area contributed by atoms with Crippen LogP contribution in [-0.4, -0.2) is 17.7 Å². The minimum absolute atomic E-state index is 0.0937. The van der Waals surface area contributed by atoms with Gasteiger partial charge in [0, 0.05) is 11.4 Å². The molecule has 1 aromatic rings. The molecule has 0 heterocycles. The maximum atomic E-state index is 13.2. The lowest BCUT2D eigenvalue weighted by molar-refractivity contribution is 0.101. The molecule has 14 heavy (non-hydrogen) atoms. The SMILES string of the molecule is CC(=O)c1ccc(OCCBr)cc1F. The number of Topliss-reactive ketones (excluding diaryl/α,β-unsaturated/α-hetero) is 1. The predicted octanol–water partition coefficient (Wildman–Crippen LogP) is 2.80. The molecule has 4 heteroatoms. The first-order valence-corrected chi connectivity index (χ1v) is 5.26. The maximum absolute atomic E-state index is 13.2. The van der Waals surface area contributed by atoms with E-state index in [1.165, 1.54) is 19.1 Å². The van der Waals surface area contributed by atoms with E-state index in [9.17, 15) is 9.18 Å². The second-order valence-electron chi connectivity index (χ2n) is 2.74. The van der Waals surface area contributed by atoms with Gasteiger partial charge in [-0.15, -0.1) is 0 Å². The fourth-order valence-electron chi connectivity index (χ4n) is 1.03. The van der Waals surface area contributed by atoms with Gasteiger partial charge in [-0.25, -0.2) is 4.39 Å². The van der Waals surface area contributed by atoms with Gasteiger partial charge in [-0.1, -0.05) is 15.9 Å². The van der Waals surface area contributed by atoms with Crippen molar-refractivity contribution in [1.82, 2.24) is 0 Å². The van der Waals surface area contributed by atoms with Crippen LogP contribution in [0.1, 0.15) is 17.3 Å². The van der Waals surface area contributed by atoms with Gasteiger partial charge in [-0.05, 0) is 19.1 Å². The number of halogens is 2. The molecule has 1 aromatic carbocycles. The van der Waals surface area contributed by atoms with Crippen LogP contribution in [0.5, 0.6) is 5.75 Å². The van der Waals surface area contributed by atoms with Gasteiger partial charge in [0.05, 0.1) is 12.2 Å². The summed E-state index contributed by atoms with van der Waals surface area (Å²) in [6.07, 6.45) is 0. The first-order chi connectivity index (χ1) is 6.65.